The van der Waals surface area contributed by atoms with Gasteiger partial charge in [0.05, 0.1) is 0 Å². The van der Waals surface area contributed by atoms with Gasteiger partial charge < -0.3 is 11.1 Å². The maximum Gasteiger partial charge on any atom is 0.251 e. The molecule has 0 saturated carbocycles. The molecule has 0 aliphatic heterocycles. The second-order valence-corrected chi connectivity index (χ2v) is 4.57. The van der Waals surface area contributed by atoms with Gasteiger partial charge in [-0.05, 0) is 30.2 Å². The van der Waals surface area contributed by atoms with Gasteiger partial charge in [0.1, 0.15) is 0 Å². The van der Waals surface area contributed by atoms with E-state index >= 15 is 0 Å². The lowest BCUT2D eigenvalue weighted by Gasteiger charge is -2.06. The molecule has 0 bridgehead atoms. The van der Waals surface area contributed by atoms with Crippen LogP contribution >= 0.6 is 0 Å². The highest BCUT2D eigenvalue weighted by molar-refractivity contribution is 5.94. The third-order valence-corrected chi connectivity index (χ3v) is 3.03. The first-order valence-corrected chi connectivity index (χ1v) is 6.32. The highest BCUT2D eigenvalue weighted by Gasteiger charge is 2.04. The molecule has 0 unspecified atom stereocenters. The molecule has 0 aliphatic carbocycles. The van der Waals surface area contributed by atoms with E-state index in [2.05, 4.69) is 5.32 Å². The number of hydrogen-bond donors (Lipinski definition) is 2. The molecular weight excluding hydrogens is 236 g/mol. The molecule has 1 amide bonds. The van der Waals surface area contributed by atoms with Crippen molar-refractivity contribution < 1.29 is 4.79 Å². The van der Waals surface area contributed by atoms with Crippen LogP contribution in [0.1, 0.15) is 27.0 Å². The van der Waals surface area contributed by atoms with Crippen LogP contribution in [0.2, 0.25) is 0 Å². The van der Waals surface area contributed by atoms with Crippen molar-refractivity contribution in [3.8, 4) is 0 Å². The van der Waals surface area contributed by atoms with Crippen LogP contribution in [0.4, 0.5) is 0 Å². The Morgan fingerprint density at radius 3 is 2.16 bits per heavy atom. The molecule has 0 spiro atoms. The van der Waals surface area contributed by atoms with Gasteiger partial charge in [-0.1, -0.05) is 42.0 Å². The lowest BCUT2D eigenvalue weighted by atomic mass is 10.1. The predicted octanol–water partition coefficient (Wildman–Crippen LogP) is 2.38. The van der Waals surface area contributed by atoms with E-state index < -0.39 is 0 Å². The second kappa shape index (κ2) is 6.16. The van der Waals surface area contributed by atoms with Gasteiger partial charge in [0.25, 0.3) is 5.91 Å². The monoisotopic (exact) mass is 254 g/mol. The number of hydrogen-bond acceptors (Lipinski definition) is 2. The first-order valence-electron chi connectivity index (χ1n) is 6.32. The summed E-state index contributed by atoms with van der Waals surface area (Å²) in [6.07, 6.45) is 0. The number of benzene rings is 2. The van der Waals surface area contributed by atoms with Crippen molar-refractivity contribution in [2.75, 3.05) is 0 Å². The summed E-state index contributed by atoms with van der Waals surface area (Å²) in [7, 11) is 0. The number of aryl methyl sites for hydroxylation is 1. The fourth-order valence-electron chi connectivity index (χ4n) is 1.78. The molecule has 3 N–H and O–H groups in total. The predicted molar refractivity (Wildman–Crippen MR) is 76.7 cm³/mol. The van der Waals surface area contributed by atoms with Gasteiger partial charge in [-0.15, -0.1) is 0 Å². The van der Waals surface area contributed by atoms with E-state index in [9.17, 15) is 4.79 Å². The van der Waals surface area contributed by atoms with Gasteiger partial charge in [0.15, 0.2) is 0 Å². The third kappa shape index (κ3) is 3.66. The standard InChI is InChI=1S/C16H18N2O/c1-12-2-8-15(9-3-12)16(19)18-11-14-6-4-13(10-17)5-7-14/h2-9H,10-11,17H2,1H3,(H,18,19). The Balaban J connectivity index is 1.94. The minimum Gasteiger partial charge on any atom is -0.348 e. The van der Waals surface area contributed by atoms with Crippen LogP contribution in [0.5, 0.6) is 0 Å². The topological polar surface area (TPSA) is 55.1 Å². The van der Waals surface area contributed by atoms with Crippen LogP contribution in [0, 0.1) is 6.92 Å². The Morgan fingerprint density at radius 2 is 1.58 bits per heavy atom. The minimum atomic E-state index is -0.0529. The normalized spacial score (nSPS) is 10.2. The molecule has 0 heterocycles. The number of carbonyl (C=O) groups excluding carboxylic acids is 1. The highest BCUT2D eigenvalue weighted by atomic mass is 16.1. The molecule has 2 rings (SSSR count). The number of nitrogens with one attached hydrogen (secondary N) is 1. The SMILES string of the molecule is Cc1ccc(C(=O)NCc2ccc(CN)cc2)cc1. The zero-order valence-electron chi connectivity index (χ0n) is 11.0. The van der Waals surface area contributed by atoms with Crippen molar-refractivity contribution in [2.45, 2.75) is 20.0 Å². The van der Waals surface area contributed by atoms with Crippen LogP contribution in [-0.4, -0.2) is 5.91 Å². The molecule has 0 aliphatic rings. The van der Waals surface area contributed by atoms with Gasteiger partial charge in [-0.3, -0.25) is 4.79 Å². The van der Waals surface area contributed by atoms with Crippen molar-refractivity contribution in [2.24, 2.45) is 5.73 Å². The lowest BCUT2D eigenvalue weighted by Crippen LogP contribution is -2.22. The Kier molecular flexibility index (Phi) is 4.31. The van der Waals surface area contributed by atoms with Crippen molar-refractivity contribution in [3.63, 3.8) is 0 Å². The van der Waals surface area contributed by atoms with E-state index in [0.717, 1.165) is 16.7 Å². The van der Waals surface area contributed by atoms with E-state index in [4.69, 9.17) is 5.73 Å². The largest absolute Gasteiger partial charge is 0.348 e. The summed E-state index contributed by atoms with van der Waals surface area (Å²) in [6.45, 7) is 3.06. The van der Waals surface area contributed by atoms with Crippen molar-refractivity contribution >= 4 is 5.91 Å². The lowest BCUT2D eigenvalue weighted by molar-refractivity contribution is 0.0951. The van der Waals surface area contributed by atoms with Crippen molar-refractivity contribution in [3.05, 3.63) is 70.8 Å². The number of amides is 1. The van der Waals surface area contributed by atoms with Gasteiger partial charge in [0, 0.05) is 18.7 Å². The molecule has 3 nitrogen and oxygen atoms in total. The van der Waals surface area contributed by atoms with Gasteiger partial charge in [-0.25, -0.2) is 0 Å². The van der Waals surface area contributed by atoms with Crippen molar-refractivity contribution in [1.29, 1.82) is 0 Å². The quantitative estimate of drug-likeness (QED) is 0.880. The van der Waals surface area contributed by atoms with E-state index in [0.29, 0.717) is 18.7 Å². The Labute approximate surface area is 113 Å². The fourth-order valence-corrected chi connectivity index (χ4v) is 1.78. The zero-order valence-corrected chi connectivity index (χ0v) is 11.0. The summed E-state index contributed by atoms with van der Waals surface area (Å²) in [5.41, 5.74) is 9.53. The van der Waals surface area contributed by atoms with E-state index in [1.54, 1.807) is 0 Å². The highest BCUT2D eigenvalue weighted by Crippen LogP contribution is 2.05. The summed E-state index contributed by atoms with van der Waals surface area (Å²) < 4.78 is 0. The summed E-state index contributed by atoms with van der Waals surface area (Å²) >= 11 is 0. The van der Waals surface area contributed by atoms with Gasteiger partial charge in [0.2, 0.25) is 0 Å². The molecule has 2 aromatic rings. The van der Waals surface area contributed by atoms with Crippen LogP contribution in [-0.2, 0) is 13.1 Å². The van der Waals surface area contributed by atoms with Crippen LogP contribution in [0.15, 0.2) is 48.5 Å². The average Bonchev–Trinajstić information content (AvgIpc) is 2.46. The maximum atomic E-state index is 11.9. The summed E-state index contributed by atoms with van der Waals surface area (Å²) in [6, 6.07) is 15.5. The number of carbonyl (C=O) groups is 1. The number of nitrogens with two attached hydrogens (primary N) is 1. The summed E-state index contributed by atoms with van der Waals surface area (Å²) in [4.78, 5) is 11.9. The zero-order chi connectivity index (χ0) is 13.7. The first kappa shape index (κ1) is 13.3. The Bertz CT molecular complexity index is 544. The molecule has 0 fully saturated rings. The van der Waals surface area contributed by atoms with Crippen molar-refractivity contribution in [1.82, 2.24) is 5.32 Å². The molecule has 0 aromatic heterocycles. The molecule has 98 valence electrons. The van der Waals surface area contributed by atoms with Crippen LogP contribution in [0.3, 0.4) is 0 Å². The van der Waals surface area contributed by atoms with E-state index in [1.807, 2.05) is 55.5 Å². The molecule has 0 radical (unpaired) electrons. The first-order chi connectivity index (χ1) is 9.19. The number of rotatable bonds is 4. The van der Waals surface area contributed by atoms with Crippen LogP contribution in [0.25, 0.3) is 0 Å². The average molecular weight is 254 g/mol. The fraction of sp³-hybridized carbons (Fsp3) is 0.188. The summed E-state index contributed by atoms with van der Waals surface area (Å²) in [5.74, 6) is -0.0529. The molecule has 19 heavy (non-hydrogen) atoms. The van der Waals surface area contributed by atoms with Gasteiger partial charge >= 0.3 is 0 Å². The van der Waals surface area contributed by atoms with E-state index in [-0.39, 0.29) is 5.91 Å². The smallest absolute Gasteiger partial charge is 0.251 e. The molecular formula is C16H18N2O. The molecule has 0 atom stereocenters. The second-order valence-electron chi connectivity index (χ2n) is 4.57. The Morgan fingerprint density at radius 1 is 1.00 bits per heavy atom. The maximum absolute atomic E-state index is 11.9. The van der Waals surface area contributed by atoms with Gasteiger partial charge in [-0.2, -0.15) is 0 Å². The summed E-state index contributed by atoms with van der Waals surface area (Å²) in [5, 5.41) is 2.90. The third-order valence-electron chi connectivity index (χ3n) is 3.03. The molecule has 0 saturated heterocycles. The molecule has 2 aromatic carbocycles. The Hall–Kier alpha value is -2.13. The minimum absolute atomic E-state index is 0.0529. The van der Waals surface area contributed by atoms with Crippen LogP contribution < -0.4 is 11.1 Å². The molecule has 3 heteroatoms. The van der Waals surface area contributed by atoms with E-state index in [1.165, 1.54) is 0 Å².